The number of carbonyl (C=O) groups excluding carboxylic acids is 2. The maximum Gasteiger partial charge on any atom is 0.357 e. The Morgan fingerprint density at radius 2 is 1.70 bits per heavy atom. The average molecular weight is 363 g/mol. The average Bonchev–Trinajstić information content (AvgIpc) is 3.03. The van der Waals surface area contributed by atoms with Crippen molar-refractivity contribution in [3.63, 3.8) is 0 Å². The number of carbonyl (C=O) groups is 2. The minimum Gasteiger partial charge on any atom is -0.465 e. The third-order valence-corrected chi connectivity index (χ3v) is 4.07. The number of rotatable bonds is 3. The van der Waals surface area contributed by atoms with Gasteiger partial charge in [0.1, 0.15) is 17.7 Å². The van der Waals surface area contributed by atoms with E-state index in [9.17, 15) is 20.1 Å². The van der Waals surface area contributed by atoms with Crippen LogP contribution in [0.4, 0.5) is 0 Å². The largest absolute Gasteiger partial charge is 0.465 e. The minimum absolute atomic E-state index is 0.306. The van der Waals surface area contributed by atoms with E-state index in [1.165, 1.54) is 6.20 Å². The van der Waals surface area contributed by atoms with Gasteiger partial charge in [0.15, 0.2) is 5.70 Å². The summed E-state index contributed by atoms with van der Waals surface area (Å²) in [5.41, 5.74) is -1.79. The first-order valence-electron chi connectivity index (χ1n) is 7.69. The lowest BCUT2D eigenvalue weighted by Gasteiger charge is -2.33. The summed E-state index contributed by atoms with van der Waals surface area (Å²) in [5.74, 6) is -1.91. The van der Waals surface area contributed by atoms with E-state index in [0.29, 0.717) is 5.71 Å². The maximum absolute atomic E-state index is 12.4. The summed E-state index contributed by atoms with van der Waals surface area (Å²) < 4.78 is 9.43. The summed E-state index contributed by atoms with van der Waals surface area (Å²) in [6.45, 7) is 0. The molecular formula is C18H13N5O4. The number of fused-ring (bicyclic) bond motifs is 1. The van der Waals surface area contributed by atoms with Crippen LogP contribution in [0.5, 0.6) is 0 Å². The minimum atomic E-state index is -2.19. The monoisotopic (exact) mass is 363 g/mol. The van der Waals surface area contributed by atoms with Crippen LogP contribution in [-0.2, 0) is 19.1 Å². The molecule has 1 aromatic rings. The molecule has 0 amide bonds. The molecule has 0 spiro atoms. The van der Waals surface area contributed by atoms with Gasteiger partial charge in [-0.05, 0) is 6.08 Å². The van der Waals surface area contributed by atoms with E-state index in [0.717, 1.165) is 29.9 Å². The summed E-state index contributed by atoms with van der Waals surface area (Å²) in [4.78, 5) is 24.7. The van der Waals surface area contributed by atoms with Crippen molar-refractivity contribution in [1.82, 2.24) is 10.1 Å². The standard InChI is InChI=1S/C18H13N5O4/c1-26-16(24)14-15(17(25)27-2)22-9-8-13(12-6-4-3-5-7-12)21-23(22)18(14,10-19)11-20/h3-9H,1-2H3. The summed E-state index contributed by atoms with van der Waals surface area (Å²) in [7, 11) is 2.21. The Morgan fingerprint density at radius 3 is 2.26 bits per heavy atom. The van der Waals surface area contributed by atoms with E-state index in [-0.39, 0.29) is 5.70 Å². The van der Waals surface area contributed by atoms with E-state index < -0.39 is 23.1 Å². The number of hydrogen-bond acceptors (Lipinski definition) is 9. The number of nitriles is 2. The van der Waals surface area contributed by atoms with Crippen molar-refractivity contribution in [1.29, 1.82) is 10.5 Å². The zero-order valence-electron chi connectivity index (χ0n) is 14.4. The molecule has 3 rings (SSSR count). The highest BCUT2D eigenvalue weighted by molar-refractivity contribution is 6.10. The zero-order valence-corrected chi connectivity index (χ0v) is 14.4. The van der Waals surface area contributed by atoms with Crippen molar-refractivity contribution >= 4 is 17.7 Å². The van der Waals surface area contributed by atoms with Crippen LogP contribution in [0.2, 0.25) is 0 Å². The molecule has 0 unspecified atom stereocenters. The molecule has 2 aliphatic rings. The van der Waals surface area contributed by atoms with E-state index >= 15 is 0 Å². The normalized spacial score (nSPS) is 16.8. The Kier molecular flexibility index (Phi) is 4.36. The van der Waals surface area contributed by atoms with Gasteiger partial charge >= 0.3 is 11.9 Å². The molecule has 0 fully saturated rings. The number of ether oxygens (including phenoxy) is 2. The fourth-order valence-corrected chi connectivity index (χ4v) is 2.81. The second-order valence-electron chi connectivity index (χ2n) is 5.44. The lowest BCUT2D eigenvalue weighted by atomic mass is 9.92. The van der Waals surface area contributed by atoms with Gasteiger partial charge < -0.3 is 9.47 Å². The van der Waals surface area contributed by atoms with E-state index in [4.69, 9.17) is 9.47 Å². The van der Waals surface area contributed by atoms with Crippen LogP contribution in [0, 0.1) is 22.7 Å². The van der Waals surface area contributed by atoms with Crippen molar-refractivity contribution in [3.8, 4) is 12.1 Å². The fraction of sp³-hybridized carbons (Fsp3) is 0.167. The number of nitrogens with zero attached hydrogens (tertiary/aromatic N) is 5. The Bertz CT molecular complexity index is 967. The van der Waals surface area contributed by atoms with Gasteiger partial charge in [0, 0.05) is 11.8 Å². The molecule has 0 N–H and O–H groups in total. The quantitative estimate of drug-likeness (QED) is 0.725. The van der Waals surface area contributed by atoms with E-state index in [1.807, 2.05) is 18.2 Å². The fourth-order valence-electron chi connectivity index (χ4n) is 2.81. The molecule has 0 bridgehead atoms. The number of hydrazone groups is 1. The Labute approximate surface area is 154 Å². The van der Waals surface area contributed by atoms with Crippen molar-refractivity contribution in [2.45, 2.75) is 5.54 Å². The molecule has 9 nitrogen and oxygen atoms in total. The zero-order chi connectivity index (χ0) is 19.6. The first-order chi connectivity index (χ1) is 13.0. The molecule has 2 heterocycles. The van der Waals surface area contributed by atoms with Gasteiger partial charge in [0.2, 0.25) is 0 Å². The van der Waals surface area contributed by atoms with E-state index in [1.54, 1.807) is 30.3 Å². The van der Waals surface area contributed by atoms with Crippen LogP contribution in [0.25, 0.3) is 0 Å². The van der Waals surface area contributed by atoms with Crippen molar-refractivity contribution in [2.75, 3.05) is 14.2 Å². The molecule has 0 aromatic heterocycles. The molecular weight excluding hydrogens is 350 g/mol. The van der Waals surface area contributed by atoms with Gasteiger partial charge in [-0.15, -0.1) is 0 Å². The second-order valence-corrected chi connectivity index (χ2v) is 5.44. The lowest BCUT2D eigenvalue weighted by molar-refractivity contribution is -0.140. The van der Waals surface area contributed by atoms with Gasteiger partial charge in [0.25, 0.3) is 5.54 Å². The van der Waals surface area contributed by atoms with Crippen LogP contribution in [0.3, 0.4) is 0 Å². The molecule has 1 aromatic carbocycles. The highest BCUT2D eigenvalue weighted by Gasteiger charge is 2.59. The highest BCUT2D eigenvalue weighted by atomic mass is 16.5. The van der Waals surface area contributed by atoms with Crippen LogP contribution in [0.1, 0.15) is 5.56 Å². The molecule has 2 aliphatic heterocycles. The van der Waals surface area contributed by atoms with Gasteiger partial charge in [0.05, 0.1) is 19.9 Å². The van der Waals surface area contributed by atoms with Crippen LogP contribution in [0.15, 0.2) is 59.0 Å². The molecule has 0 aliphatic carbocycles. The summed E-state index contributed by atoms with van der Waals surface area (Å²) >= 11 is 0. The maximum atomic E-state index is 12.4. The SMILES string of the molecule is COC(=O)C1=C(C(=O)OC)C(C#N)(C#N)N2N=C(c3ccccc3)C=CN12. The summed E-state index contributed by atoms with van der Waals surface area (Å²) in [6.07, 6.45) is 3.02. The summed E-state index contributed by atoms with van der Waals surface area (Å²) in [6, 6.07) is 12.6. The van der Waals surface area contributed by atoms with Crippen molar-refractivity contribution < 1.29 is 19.1 Å². The number of benzene rings is 1. The third-order valence-electron chi connectivity index (χ3n) is 4.07. The Morgan fingerprint density at radius 1 is 1.07 bits per heavy atom. The Balaban J connectivity index is 2.23. The van der Waals surface area contributed by atoms with Crippen molar-refractivity contribution in [2.24, 2.45) is 5.10 Å². The molecule has 0 radical (unpaired) electrons. The molecule has 134 valence electrons. The number of hydrazine groups is 1. The highest BCUT2D eigenvalue weighted by Crippen LogP contribution is 2.41. The van der Waals surface area contributed by atoms with Gasteiger partial charge in [-0.1, -0.05) is 30.3 Å². The molecule has 27 heavy (non-hydrogen) atoms. The first kappa shape index (κ1) is 17.7. The number of esters is 2. The second kappa shape index (κ2) is 6.65. The molecule has 9 heteroatoms. The lowest BCUT2D eigenvalue weighted by Crippen LogP contribution is -2.48. The Hall–Kier alpha value is -4.11. The van der Waals surface area contributed by atoms with Crippen LogP contribution < -0.4 is 0 Å². The van der Waals surface area contributed by atoms with E-state index in [2.05, 4.69) is 5.10 Å². The number of hydrogen-bond donors (Lipinski definition) is 0. The molecule has 0 atom stereocenters. The van der Waals surface area contributed by atoms with Gasteiger partial charge in [-0.25, -0.2) is 14.6 Å². The summed E-state index contributed by atoms with van der Waals surface area (Å²) in [5, 5.41) is 26.0. The third kappa shape index (κ3) is 2.50. The predicted octanol–water partition coefficient (Wildman–Crippen LogP) is 0.837. The molecule has 0 saturated carbocycles. The van der Waals surface area contributed by atoms with Crippen LogP contribution >= 0.6 is 0 Å². The number of methoxy groups -OCH3 is 2. The molecule has 0 saturated heterocycles. The predicted molar refractivity (Wildman–Crippen MR) is 90.8 cm³/mol. The van der Waals surface area contributed by atoms with Crippen LogP contribution in [-0.4, -0.2) is 47.5 Å². The van der Waals surface area contributed by atoms with Crippen molar-refractivity contribution in [3.05, 3.63) is 59.4 Å². The van der Waals surface area contributed by atoms with Gasteiger partial charge in [-0.3, -0.25) is 0 Å². The van der Waals surface area contributed by atoms with Gasteiger partial charge in [-0.2, -0.15) is 20.7 Å². The smallest absolute Gasteiger partial charge is 0.357 e. The topological polar surface area (TPSA) is 119 Å². The first-order valence-corrected chi connectivity index (χ1v) is 7.69. The number of allylic oxidation sites excluding steroid dienone is 1.